The molecule has 2 rings (SSSR count). The summed E-state index contributed by atoms with van der Waals surface area (Å²) < 4.78 is 12.9. The van der Waals surface area contributed by atoms with Crippen LogP contribution in [0, 0.1) is 11.2 Å². The second-order valence-electron chi connectivity index (χ2n) is 6.40. The van der Waals surface area contributed by atoms with Crippen LogP contribution in [0.25, 0.3) is 0 Å². The third-order valence-corrected chi connectivity index (χ3v) is 4.06. The summed E-state index contributed by atoms with van der Waals surface area (Å²) in [4.78, 5) is 0. The van der Waals surface area contributed by atoms with Crippen molar-refractivity contribution in [1.82, 2.24) is 5.32 Å². The van der Waals surface area contributed by atoms with Crippen LogP contribution in [0.3, 0.4) is 0 Å². The highest BCUT2D eigenvalue weighted by molar-refractivity contribution is 5.19. The minimum atomic E-state index is -0.162. The molecule has 0 radical (unpaired) electrons. The minimum absolute atomic E-state index is 0.162. The van der Waals surface area contributed by atoms with Crippen LogP contribution in [0.15, 0.2) is 24.3 Å². The summed E-state index contributed by atoms with van der Waals surface area (Å²) in [5.74, 6) is -0.162. The van der Waals surface area contributed by atoms with Gasteiger partial charge < -0.3 is 5.32 Å². The maximum absolute atomic E-state index is 12.9. The van der Waals surface area contributed by atoms with E-state index in [2.05, 4.69) is 26.1 Å². The Morgan fingerprint density at radius 2 is 1.94 bits per heavy atom. The fourth-order valence-corrected chi connectivity index (χ4v) is 3.04. The fraction of sp³-hybridized carbons (Fsp3) is 0.625. The third kappa shape index (κ3) is 3.55. The van der Waals surface area contributed by atoms with Crippen molar-refractivity contribution in [2.75, 3.05) is 0 Å². The lowest BCUT2D eigenvalue weighted by Crippen LogP contribution is -2.38. The Labute approximate surface area is 110 Å². The average Bonchev–Trinajstić information content (AvgIpc) is 2.28. The summed E-state index contributed by atoms with van der Waals surface area (Å²) in [6.07, 6.45) is 5.13. The van der Waals surface area contributed by atoms with Crippen LogP contribution < -0.4 is 5.32 Å². The molecule has 1 aliphatic rings. The highest BCUT2D eigenvalue weighted by Crippen LogP contribution is 2.35. The molecule has 0 bridgehead atoms. The summed E-state index contributed by atoms with van der Waals surface area (Å²) in [5, 5.41) is 3.69. The molecular weight excluding hydrogens is 225 g/mol. The highest BCUT2D eigenvalue weighted by Gasteiger charge is 2.28. The first-order valence-corrected chi connectivity index (χ1v) is 6.98. The number of hydrogen-bond acceptors (Lipinski definition) is 1. The molecule has 0 spiro atoms. The van der Waals surface area contributed by atoms with Gasteiger partial charge in [-0.05, 0) is 49.3 Å². The molecule has 1 nitrogen and oxygen atoms in total. The van der Waals surface area contributed by atoms with E-state index in [-0.39, 0.29) is 5.82 Å². The molecule has 2 unspecified atom stereocenters. The van der Waals surface area contributed by atoms with Crippen molar-refractivity contribution in [2.45, 2.75) is 58.5 Å². The first-order valence-electron chi connectivity index (χ1n) is 6.98. The number of benzene rings is 1. The molecule has 1 saturated carbocycles. The lowest BCUT2D eigenvalue weighted by atomic mass is 9.75. The van der Waals surface area contributed by atoms with Gasteiger partial charge in [0.05, 0.1) is 0 Å². The van der Waals surface area contributed by atoms with Gasteiger partial charge in [-0.25, -0.2) is 4.39 Å². The predicted molar refractivity (Wildman–Crippen MR) is 74.0 cm³/mol. The summed E-state index contributed by atoms with van der Waals surface area (Å²) in [7, 11) is 0. The van der Waals surface area contributed by atoms with E-state index in [1.165, 1.54) is 31.2 Å². The van der Waals surface area contributed by atoms with Crippen molar-refractivity contribution < 1.29 is 4.39 Å². The molecule has 18 heavy (non-hydrogen) atoms. The van der Waals surface area contributed by atoms with E-state index >= 15 is 0 Å². The van der Waals surface area contributed by atoms with E-state index in [4.69, 9.17) is 0 Å². The molecular formula is C16H24FN. The maximum atomic E-state index is 12.9. The van der Waals surface area contributed by atoms with E-state index < -0.39 is 0 Å². The summed E-state index contributed by atoms with van der Waals surface area (Å²) in [6.45, 7) is 6.86. The van der Waals surface area contributed by atoms with E-state index in [9.17, 15) is 4.39 Å². The third-order valence-electron chi connectivity index (χ3n) is 4.06. The zero-order valence-electron chi connectivity index (χ0n) is 11.7. The Bertz CT molecular complexity index is 383. The quantitative estimate of drug-likeness (QED) is 0.834. The van der Waals surface area contributed by atoms with E-state index in [1.807, 2.05) is 12.1 Å². The second kappa shape index (κ2) is 5.40. The number of halogens is 1. The monoisotopic (exact) mass is 249 g/mol. The van der Waals surface area contributed by atoms with Crippen LogP contribution in [0.1, 0.15) is 58.1 Å². The normalized spacial score (nSPS) is 24.8. The molecule has 0 amide bonds. The second-order valence-corrected chi connectivity index (χ2v) is 6.40. The topological polar surface area (TPSA) is 12.0 Å². The van der Waals surface area contributed by atoms with Crippen molar-refractivity contribution in [2.24, 2.45) is 5.41 Å². The number of rotatable bonds is 3. The van der Waals surface area contributed by atoms with Gasteiger partial charge in [0.2, 0.25) is 0 Å². The van der Waals surface area contributed by atoms with Gasteiger partial charge in [0.1, 0.15) is 5.82 Å². The Balaban J connectivity index is 1.94. The molecule has 0 saturated heterocycles. The SMILES string of the molecule is CC(NC1CCCC(C)(C)C1)c1ccc(F)cc1. The maximum Gasteiger partial charge on any atom is 0.123 e. The van der Waals surface area contributed by atoms with Crippen LogP contribution in [-0.2, 0) is 0 Å². The van der Waals surface area contributed by atoms with Crippen molar-refractivity contribution in [3.8, 4) is 0 Å². The van der Waals surface area contributed by atoms with Crippen LogP contribution in [0.4, 0.5) is 4.39 Å². The molecule has 1 aromatic rings. The predicted octanol–water partition coefficient (Wildman–Crippen LogP) is 4.45. The summed E-state index contributed by atoms with van der Waals surface area (Å²) in [6, 6.07) is 7.72. The molecule has 0 aromatic heterocycles. The standard InChI is InChI=1S/C16H24FN/c1-12(13-6-8-14(17)9-7-13)18-15-5-4-10-16(2,3)11-15/h6-9,12,15,18H,4-5,10-11H2,1-3H3. The fourth-order valence-electron chi connectivity index (χ4n) is 3.04. The van der Waals surface area contributed by atoms with Crippen LogP contribution in [0.5, 0.6) is 0 Å². The van der Waals surface area contributed by atoms with Gasteiger partial charge in [-0.15, -0.1) is 0 Å². The van der Waals surface area contributed by atoms with Gasteiger partial charge in [0.25, 0.3) is 0 Å². The Kier molecular flexibility index (Phi) is 4.06. The van der Waals surface area contributed by atoms with Crippen molar-refractivity contribution >= 4 is 0 Å². The molecule has 1 N–H and O–H groups in total. The van der Waals surface area contributed by atoms with Gasteiger partial charge >= 0.3 is 0 Å². The Morgan fingerprint density at radius 3 is 2.56 bits per heavy atom. The van der Waals surface area contributed by atoms with Gasteiger partial charge in [-0.1, -0.05) is 32.4 Å². The van der Waals surface area contributed by atoms with Gasteiger partial charge in [0, 0.05) is 12.1 Å². The lowest BCUT2D eigenvalue weighted by molar-refractivity contribution is 0.191. The van der Waals surface area contributed by atoms with E-state index in [0.29, 0.717) is 17.5 Å². The number of nitrogens with one attached hydrogen (secondary N) is 1. The first-order chi connectivity index (χ1) is 8.46. The van der Waals surface area contributed by atoms with Crippen LogP contribution >= 0.6 is 0 Å². The summed E-state index contributed by atoms with van der Waals surface area (Å²) >= 11 is 0. The van der Waals surface area contributed by atoms with Crippen LogP contribution in [0.2, 0.25) is 0 Å². The molecule has 0 aliphatic heterocycles. The van der Waals surface area contributed by atoms with Crippen molar-refractivity contribution in [3.63, 3.8) is 0 Å². The van der Waals surface area contributed by atoms with Gasteiger partial charge in [0.15, 0.2) is 0 Å². The number of hydrogen-bond donors (Lipinski definition) is 1. The Morgan fingerprint density at radius 1 is 1.28 bits per heavy atom. The molecule has 1 aliphatic carbocycles. The van der Waals surface area contributed by atoms with E-state index in [0.717, 1.165) is 0 Å². The molecule has 2 atom stereocenters. The van der Waals surface area contributed by atoms with Crippen molar-refractivity contribution in [3.05, 3.63) is 35.6 Å². The molecule has 1 aromatic carbocycles. The molecule has 1 fully saturated rings. The molecule has 2 heteroatoms. The van der Waals surface area contributed by atoms with E-state index in [1.54, 1.807) is 12.1 Å². The zero-order valence-corrected chi connectivity index (χ0v) is 11.7. The first kappa shape index (κ1) is 13.5. The average molecular weight is 249 g/mol. The van der Waals surface area contributed by atoms with Gasteiger partial charge in [-0.2, -0.15) is 0 Å². The lowest BCUT2D eigenvalue weighted by Gasteiger charge is -2.37. The van der Waals surface area contributed by atoms with Gasteiger partial charge in [-0.3, -0.25) is 0 Å². The largest absolute Gasteiger partial charge is 0.307 e. The highest BCUT2D eigenvalue weighted by atomic mass is 19.1. The molecule has 100 valence electrons. The Hall–Kier alpha value is -0.890. The molecule has 0 heterocycles. The van der Waals surface area contributed by atoms with Crippen molar-refractivity contribution in [1.29, 1.82) is 0 Å². The summed E-state index contributed by atoms with van der Waals surface area (Å²) in [5.41, 5.74) is 1.62. The van der Waals surface area contributed by atoms with Crippen LogP contribution in [-0.4, -0.2) is 6.04 Å². The smallest absolute Gasteiger partial charge is 0.123 e. The minimum Gasteiger partial charge on any atom is -0.307 e. The zero-order chi connectivity index (χ0) is 13.2.